The topological polar surface area (TPSA) is 0 Å². The number of rotatable bonds is 3. The third-order valence-corrected chi connectivity index (χ3v) is 3.91. The highest BCUT2D eigenvalue weighted by atomic mass is 14.5. The summed E-state index contributed by atoms with van der Waals surface area (Å²) in [6, 6.07) is 0. The smallest absolute Gasteiger partial charge is 0.0294 e. The van der Waals surface area contributed by atoms with Crippen molar-refractivity contribution in [2.75, 3.05) is 0 Å². The van der Waals surface area contributed by atoms with Crippen molar-refractivity contribution in [1.82, 2.24) is 0 Å². The van der Waals surface area contributed by atoms with Crippen LogP contribution in [0, 0.1) is 17.3 Å². The van der Waals surface area contributed by atoms with Crippen LogP contribution in [0.5, 0.6) is 0 Å². The number of hydrogen-bond acceptors (Lipinski definition) is 0. The molecule has 70 valence electrons. The van der Waals surface area contributed by atoms with E-state index < -0.39 is 0 Å². The Balaban J connectivity index is 1.70. The average Bonchev–Trinajstić information content (AvgIpc) is 2.60. The summed E-state index contributed by atoms with van der Waals surface area (Å²) in [5.41, 5.74) is 0.904. The van der Waals surface area contributed by atoms with E-state index >= 15 is 0 Å². The molecule has 0 nitrogen and oxygen atoms in total. The van der Waals surface area contributed by atoms with E-state index in [9.17, 15) is 0 Å². The van der Waals surface area contributed by atoms with Gasteiger partial charge in [-0.3, -0.25) is 0 Å². The lowest BCUT2D eigenvalue weighted by atomic mass is 9.95. The third kappa shape index (κ3) is 1.84. The van der Waals surface area contributed by atoms with Crippen molar-refractivity contribution in [3.8, 4) is 0 Å². The maximum atomic E-state index is 2.35. The summed E-state index contributed by atoms with van der Waals surface area (Å²) in [5.74, 6) is 2.02. The van der Waals surface area contributed by atoms with Gasteiger partial charge < -0.3 is 0 Å². The molecule has 0 aromatic heterocycles. The van der Waals surface area contributed by atoms with Crippen LogP contribution in [0.3, 0.4) is 0 Å². The minimum Gasteiger partial charge on any atom is -0.0628 e. The number of hydrogen-bond donors (Lipinski definition) is 0. The second-order valence-electron chi connectivity index (χ2n) is 5.58. The Kier molecular flexibility index (Phi) is 2.18. The van der Waals surface area contributed by atoms with Crippen LogP contribution in [-0.2, 0) is 0 Å². The summed E-state index contributed by atoms with van der Waals surface area (Å²) >= 11 is 0. The molecule has 0 aliphatic heterocycles. The lowest BCUT2D eigenvalue weighted by molar-refractivity contribution is 0.409. The largest absolute Gasteiger partial charge is 0.0628 e. The van der Waals surface area contributed by atoms with Crippen LogP contribution >= 0.6 is 0 Å². The first-order chi connectivity index (χ1) is 5.70. The highest BCUT2D eigenvalue weighted by Gasteiger charge is 2.47. The average molecular weight is 166 g/mol. The molecule has 0 heteroatoms. The zero-order valence-corrected chi connectivity index (χ0v) is 8.60. The molecule has 2 fully saturated rings. The molecule has 1 spiro atoms. The first-order valence-corrected chi connectivity index (χ1v) is 5.70. The summed E-state index contributed by atoms with van der Waals surface area (Å²) in [5, 5.41) is 0. The van der Waals surface area contributed by atoms with Gasteiger partial charge in [-0.15, -0.1) is 0 Å². The van der Waals surface area contributed by atoms with Crippen molar-refractivity contribution in [2.24, 2.45) is 17.3 Å². The van der Waals surface area contributed by atoms with Crippen LogP contribution in [-0.4, -0.2) is 0 Å². The van der Waals surface area contributed by atoms with E-state index in [2.05, 4.69) is 13.8 Å². The first kappa shape index (κ1) is 8.59. The van der Waals surface area contributed by atoms with Gasteiger partial charge in [0.15, 0.2) is 0 Å². The molecular weight excluding hydrogens is 144 g/mol. The van der Waals surface area contributed by atoms with E-state index in [1.165, 1.54) is 12.8 Å². The minimum absolute atomic E-state index is 0.904. The fraction of sp³-hybridized carbons (Fsp3) is 1.00. The molecule has 0 heterocycles. The zero-order valence-electron chi connectivity index (χ0n) is 8.60. The SMILES string of the molecule is CC(C)CC[C@H]1CCC2(CC2)C1. The van der Waals surface area contributed by atoms with E-state index in [4.69, 9.17) is 0 Å². The third-order valence-electron chi connectivity index (χ3n) is 3.91. The molecule has 0 radical (unpaired) electrons. The highest BCUT2D eigenvalue weighted by Crippen LogP contribution is 2.60. The van der Waals surface area contributed by atoms with E-state index in [0.717, 1.165) is 17.3 Å². The summed E-state index contributed by atoms with van der Waals surface area (Å²) < 4.78 is 0. The molecule has 0 N–H and O–H groups in total. The zero-order chi connectivity index (χ0) is 8.60. The molecule has 0 amide bonds. The van der Waals surface area contributed by atoms with Crippen LogP contribution in [0.25, 0.3) is 0 Å². The lowest BCUT2D eigenvalue weighted by Crippen LogP contribution is -1.98. The van der Waals surface area contributed by atoms with E-state index in [-0.39, 0.29) is 0 Å². The van der Waals surface area contributed by atoms with Gasteiger partial charge in [-0.25, -0.2) is 0 Å². The Bertz CT molecular complexity index is 153. The van der Waals surface area contributed by atoms with Gasteiger partial charge in [-0.05, 0) is 49.4 Å². The van der Waals surface area contributed by atoms with E-state index in [1.54, 1.807) is 32.1 Å². The van der Waals surface area contributed by atoms with Crippen LogP contribution in [0.4, 0.5) is 0 Å². The Morgan fingerprint density at radius 2 is 2.00 bits per heavy atom. The van der Waals surface area contributed by atoms with Crippen LogP contribution in [0.15, 0.2) is 0 Å². The second kappa shape index (κ2) is 3.05. The predicted molar refractivity (Wildman–Crippen MR) is 53.1 cm³/mol. The van der Waals surface area contributed by atoms with E-state index in [1.807, 2.05) is 0 Å². The van der Waals surface area contributed by atoms with Gasteiger partial charge >= 0.3 is 0 Å². The highest BCUT2D eigenvalue weighted by molar-refractivity contribution is 4.99. The maximum absolute atomic E-state index is 2.35. The Labute approximate surface area is 76.7 Å². The van der Waals surface area contributed by atoms with Gasteiger partial charge in [0.25, 0.3) is 0 Å². The Hall–Kier alpha value is 0. The van der Waals surface area contributed by atoms with Crippen LogP contribution < -0.4 is 0 Å². The fourth-order valence-corrected chi connectivity index (χ4v) is 2.77. The predicted octanol–water partition coefficient (Wildman–Crippen LogP) is 4.00. The molecule has 2 rings (SSSR count). The van der Waals surface area contributed by atoms with E-state index in [0.29, 0.717) is 0 Å². The molecule has 0 aromatic carbocycles. The molecule has 2 saturated carbocycles. The first-order valence-electron chi connectivity index (χ1n) is 5.70. The van der Waals surface area contributed by atoms with Gasteiger partial charge in [0.1, 0.15) is 0 Å². The Morgan fingerprint density at radius 1 is 1.25 bits per heavy atom. The van der Waals surface area contributed by atoms with Crippen molar-refractivity contribution in [3.63, 3.8) is 0 Å². The van der Waals surface area contributed by atoms with Crippen LogP contribution in [0.2, 0.25) is 0 Å². The summed E-state index contributed by atoms with van der Waals surface area (Å²) in [7, 11) is 0. The standard InChI is InChI=1S/C12H22/c1-10(2)3-4-11-5-6-12(9-11)7-8-12/h10-11H,3-9H2,1-2H3/t11-/m0/s1. The maximum Gasteiger partial charge on any atom is -0.0294 e. The van der Waals surface area contributed by atoms with Gasteiger partial charge in [0.2, 0.25) is 0 Å². The molecule has 0 bridgehead atoms. The molecule has 12 heavy (non-hydrogen) atoms. The van der Waals surface area contributed by atoms with Crippen molar-refractivity contribution < 1.29 is 0 Å². The normalized spacial score (nSPS) is 31.8. The van der Waals surface area contributed by atoms with Crippen molar-refractivity contribution in [2.45, 2.75) is 58.8 Å². The van der Waals surface area contributed by atoms with Gasteiger partial charge in [0, 0.05) is 0 Å². The van der Waals surface area contributed by atoms with Gasteiger partial charge in [-0.1, -0.05) is 26.7 Å². The van der Waals surface area contributed by atoms with Gasteiger partial charge in [0.05, 0.1) is 0 Å². The van der Waals surface area contributed by atoms with Crippen molar-refractivity contribution in [1.29, 1.82) is 0 Å². The minimum atomic E-state index is 0.904. The van der Waals surface area contributed by atoms with Crippen molar-refractivity contribution >= 4 is 0 Å². The summed E-state index contributed by atoms with van der Waals surface area (Å²) in [6.45, 7) is 4.70. The molecule has 1 atom stereocenters. The lowest BCUT2D eigenvalue weighted by Gasteiger charge is -2.11. The quantitative estimate of drug-likeness (QED) is 0.594. The molecule has 0 unspecified atom stereocenters. The fourth-order valence-electron chi connectivity index (χ4n) is 2.77. The molecule has 0 saturated heterocycles. The Morgan fingerprint density at radius 3 is 2.50 bits per heavy atom. The molecular formula is C12H22. The van der Waals surface area contributed by atoms with Gasteiger partial charge in [-0.2, -0.15) is 0 Å². The van der Waals surface area contributed by atoms with Crippen molar-refractivity contribution in [3.05, 3.63) is 0 Å². The summed E-state index contributed by atoms with van der Waals surface area (Å²) in [4.78, 5) is 0. The molecule has 2 aliphatic carbocycles. The monoisotopic (exact) mass is 166 g/mol. The molecule has 2 aliphatic rings. The summed E-state index contributed by atoms with van der Waals surface area (Å²) in [6.07, 6.45) is 10.8. The molecule has 0 aromatic rings. The second-order valence-corrected chi connectivity index (χ2v) is 5.58. The van der Waals surface area contributed by atoms with Crippen LogP contribution in [0.1, 0.15) is 58.8 Å².